The molecule has 3 heteroatoms. The molecule has 1 rings (SSSR count). The molecule has 1 aromatic heterocycles. The molecule has 0 radical (unpaired) electrons. The zero-order chi connectivity index (χ0) is 13.4. The van der Waals surface area contributed by atoms with Gasteiger partial charge < -0.3 is 9.84 Å². The third kappa shape index (κ3) is 5.67. The Bertz CT molecular complexity index is 312. The summed E-state index contributed by atoms with van der Waals surface area (Å²) >= 11 is 0. The van der Waals surface area contributed by atoms with E-state index in [0.717, 1.165) is 30.5 Å². The van der Waals surface area contributed by atoms with Gasteiger partial charge in [0.2, 0.25) is 0 Å². The van der Waals surface area contributed by atoms with Crippen molar-refractivity contribution in [2.24, 2.45) is 5.92 Å². The van der Waals surface area contributed by atoms with Gasteiger partial charge in [0.1, 0.15) is 5.76 Å². The van der Waals surface area contributed by atoms with E-state index in [0.29, 0.717) is 0 Å². The van der Waals surface area contributed by atoms with Crippen LogP contribution in [0, 0.1) is 19.8 Å². The molecule has 0 atom stereocenters. The van der Waals surface area contributed by atoms with Crippen molar-refractivity contribution < 1.29 is 4.52 Å². The van der Waals surface area contributed by atoms with E-state index in [4.69, 9.17) is 4.52 Å². The van der Waals surface area contributed by atoms with Gasteiger partial charge in [-0.25, -0.2) is 0 Å². The predicted octanol–water partition coefficient (Wildman–Crippen LogP) is 3.99. The Kier molecular flexibility index (Phi) is 7.02. The zero-order valence-corrected chi connectivity index (χ0v) is 12.4. The quantitative estimate of drug-likeness (QED) is 0.675. The van der Waals surface area contributed by atoms with Crippen molar-refractivity contribution in [3.05, 3.63) is 17.0 Å². The molecule has 0 fully saturated rings. The Morgan fingerprint density at radius 3 is 2.44 bits per heavy atom. The first kappa shape index (κ1) is 15.2. The number of unbranched alkanes of at least 4 members (excludes halogenated alkanes) is 3. The van der Waals surface area contributed by atoms with Crippen molar-refractivity contribution in [2.45, 2.75) is 66.3 Å². The third-order valence-electron chi connectivity index (χ3n) is 3.37. The maximum absolute atomic E-state index is 5.14. The van der Waals surface area contributed by atoms with Crippen molar-refractivity contribution in [3.63, 3.8) is 0 Å². The number of aryl methyl sites for hydroxylation is 2. The number of rotatable bonds is 9. The van der Waals surface area contributed by atoms with Crippen LogP contribution >= 0.6 is 0 Å². The third-order valence-corrected chi connectivity index (χ3v) is 3.37. The Labute approximate surface area is 111 Å². The summed E-state index contributed by atoms with van der Waals surface area (Å²) in [6.45, 7) is 10.5. The second-order valence-corrected chi connectivity index (χ2v) is 5.58. The molecule has 0 amide bonds. The van der Waals surface area contributed by atoms with Gasteiger partial charge in [0.15, 0.2) is 0 Å². The van der Waals surface area contributed by atoms with E-state index in [1.807, 2.05) is 13.8 Å². The van der Waals surface area contributed by atoms with E-state index in [9.17, 15) is 0 Å². The molecule has 0 spiro atoms. The highest BCUT2D eigenvalue weighted by atomic mass is 16.5. The number of nitrogens with one attached hydrogen (secondary N) is 1. The lowest BCUT2D eigenvalue weighted by molar-refractivity contribution is 0.391. The van der Waals surface area contributed by atoms with Gasteiger partial charge in [-0.2, -0.15) is 0 Å². The molecular formula is C15H28N2O. The molecule has 0 aliphatic heterocycles. The smallest absolute Gasteiger partial charge is 0.138 e. The summed E-state index contributed by atoms with van der Waals surface area (Å²) in [5, 5.41) is 7.43. The van der Waals surface area contributed by atoms with Crippen LogP contribution in [0.4, 0.5) is 0 Å². The van der Waals surface area contributed by atoms with E-state index in [2.05, 4.69) is 24.3 Å². The first-order valence-corrected chi connectivity index (χ1v) is 7.23. The van der Waals surface area contributed by atoms with Crippen LogP contribution in [0.15, 0.2) is 4.52 Å². The fraction of sp³-hybridized carbons (Fsp3) is 0.800. The molecule has 0 unspecified atom stereocenters. The molecule has 0 saturated carbocycles. The Morgan fingerprint density at radius 2 is 1.83 bits per heavy atom. The topological polar surface area (TPSA) is 38.1 Å². The summed E-state index contributed by atoms with van der Waals surface area (Å²) < 4.78 is 5.14. The first-order valence-electron chi connectivity index (χ1n) is 7.23. The van der Waals surface area contributed by atoms with E-state index < -0.39 is 0 Å². The molecule has 1 aromatic rings. The summed E-state index contributed by atoms with van der Waals surface area (Å²) in [7, 11) is 0. The van der Waals surface area contributed by atoms with Crippen LogP contribution < -0.4 is 5.32 Å². The van der Waals surface area contributed by atoms with Crippen LogP contribution in [0.3, 0.4) is 0 Å². The van der Waals surface area contributed by atoms with Gasteiger partial charge in [0.25, 0.3) is 0 Å². The molecule has 0 aromatic carbocycles. The van der Waals surface area contributed by atoms with Crippen molar-refractivity contribution in [3.8, 4) is 0 Å². The summed E-state index contributed by atoms with van der Waals surface area (Å²) in [6, 6.07) is 0. The Hall–Kier alpha value is -0.830. The summed E-state index contributed by atoms with van der Waals surface area (Å²) in [5.41, 5.74) is 2.23. The molecule has 0 aliphatic rings. The largest absolute Gasteiger partial charge is 0.361 e. The predicted molar refractivity (Wildman–Crippen MR) is 75.6 cm³/mol. The number of hydrogen-bond acceptors (Lipinski definition) is 3. The van der Waals surface area contributed by atoms with Crippen LogP contribution in [0.5, 0.6) is 0 Å². The molecule has 1 N–H and O–H groups in total. The lowest BCUT2D eigenvalue weighted by Crippen LogP contribution is -2.15. The molecule has 18 heavy (non-hydrogen) atoms. The van der Waals surface area contributed by atoms with Gasteiger partial charge in [0.05, 0.1) is 5.69 Å². The second kappa shape index (κ2) is 8.30. The average Bonchev–Trinajstić information content (AvgIpc) is 2.63. The Balaban J connectivity index is 1.99. The summed E-state index contributed by atoms with van der Waals surface area (Å²) in [4.78, 5) is 0. The van der Waals surface area contributed by atoms with Crippen LogP contribution in [-0.4, -0.2) is 11.7 Å². The van der Waals surface area contributed by atoms with Gasteiger partial charge in [0, 0.05) is 12.1 Å². The number of hydrogen-bond donors (Lipinski definition) is 1. The normalized spacial score (nSPS) is 11.4. The molecule has 0 aliphatic carbocycles. The minimum Gasteiger partial charge on any atom is -0.361 e. The molecule has 0 bridgehead atoms. The molecule has 1 heterocycles. The van der Waals surface area contributed by atoms with Crippen LogP contribution in [-0.2, 0) is 6.54 Å². The van der Waals surface area contributed by atoms with Crippen LogP contribution in [0.2, 0.25) is 0 Å². The lowest BCUT2D eigenvalue weighted by atomic mass is 10.0. The highest BCUT2D eigenvalue weighted by Crippen LogP contribution is 2.12. The van der Waals surface area contributed by atoms with Crippen molar-refractivity contribution in [2.75, 3.05) is 6.54 Å². The summed E-state index contributed by atoms with van der Waals surface area (Å²) in [6.07, 6.45) is 6.71. The van der Waals surface area contributed by atoms with E-state index in [1.165, 1.54) is 37.7 Å². The van der Waals surface area contributed by atoms with E-state index in [-0.39, 0.29) is 0 Å². The zero-order valence-electron chi connectivity index (χ0n) is 12.4. The van der Waals surface area contributed by atoms with Crippen LogP contribution in [0.25, 0.3) is 0 Å². The van der Waals surface area contributed by atoms with E-state index in [1.54, 1.807) is 0 Å². The van der Waals surface area contributed by atoms with Gasteiger partial charge in [-0.3, -0.25) is 0 Å². The van der Waals surface area contributed by atoms with Gasteiger partial charge in [-0.05, 0) is 32.7 Å². The molecule has 104 valence electrons. The minimum absolute atomic E-state index is 0.850. The maximum Gasteiger partial charge on any atom is 0.138 e. The van der Waals surface area contributed by atoms with Gasteiger partial charge in [-0.15, -0.1) is 0 Å². The fourth-order valence-corrected chi connectivity index (χ4v) is 2.12. The molecule has 0 saturated heterocycles. The second-order valence-electron chi connectivity index (χ2n) is 5.58. The molecule has 3 nitrogen and oxygen atoms in total. The monoisotopic (exact) mass is 252 g/mol. The van der Waals surface area contributed by atoms with Crippen molar-refractivity contribution in [1.82, 2.24) is 10.5 Å². The summed E-state index contributed by atoms with van der Waals surface area (Å²) in [5.74, 6) is 1.79. The van der Waals surface area contributed by atoms with Crippen molar-refractivity contribution >= 4 is 0 Å². The van der Waals surface area contributed by atoms with Gasteiger partial charge in [-0.1, -0.05) is 44.7 Å². The lowest BCUT2D eigenvalue weighted by Gasteiger charge is -2.06. The highest BCUT2D eigenvalue weighted by Gasteiger charge is 2.07. The van der Waals surface area contributed by atoms with Gasteiger partial charge >= 0.3 is 0 Å². The number of aromatic nitrogens is 1. The van der Waals surface area contributed by atoms with E-state index >= 15 is 0 Å². The Morgan fingerprint density at radius 1 is 1.11 bits per heavy atom. The fourth-order valence-electron chi connectivity index (χ4n) is 2.12. The molecular weight excluding hydrogens is 224 g/mol. The first-order chi connectivity index (χ1) is 8.61. The minimum atomic E-state index is 0.850. The standard InChI is InChI=1S/C15H28N2O/c1-12(2)9-7-5-6-8-10-16-11-15-13(3)17-18-14(15)4/h12,16H,5-11H2,1-4H3. The highest BCUT2D eigenvalue weighted by molar-refractivity contribution is 5.20. The SMILES string of the molecule is Cc1noc(C)c1CNCCCCCCC(C)C. The number of nitrogens with zero attached hydrogens (tertiary/aromatic N) is 1. The van der Waals surface area contributed by atoms with Crippen LogP contribution in [0.1, 0.15) is 63.0 Å². The maximum atomic E-state index is 5.14. The van der Waals surface area contributed by atoms with Crippen molar-refractivity contribution in [1.29, 1.82) is 0 Å². The average molecular weight is 252 g/mol.